The van der Waals surface area contributed by atoms with Crippen LogP contribution in [0.25, 0.3) is 76.5 Å². The van der Waals surface area contributed by atoms with E-state index in [0.717, 1.165) is 0 Å². The smallest absolute Gasteiger partial charge is 0.0165 e. The van der Waals surface area contributed by atoms with E-state index in [1.54, 1.807) is 0 Å². The Balaban J connectivity index is 1.18. The maximum absolute atomic E-state index is 2.38. The zero-order valence-corrected chi connectivity index (χ0v) is 24.4. The van der Waals surface area contributed by atoms with Crippen molar-refractivity contribution < 1.29 is 0 Å². The Hall–Kier alpha value is -5.20. The van der Waals surface area contributed by atoms with Gasteiger partial charge in [0, 0.05) is 5.41 Å². The number of hydrogen-bond acceptors (Lipinski definition) is 0. The second-order valence-corrected chi connectivity index (χ2v) is 12.5. The molecule has 0 N–H and O–H groups in total. The summed E-state index contributed by atoms with van der Waals surface area (Å²) in [6.45, 7) is 4.76. The van der Waals surface area contributed by atoms with E-state index in [-0.39, 0.29) is 5.41 Å². The molecular weight excluding hydrogens is 516 g/mol. The minimum atomic E-state index is -0.0772. The molecule has 0 saturated carbocycles. The monoisotopic (exact) mass is 546 g/mol. The first-order valence-electron chi connectivity index (χ1n) is 15.2. The Morgan fingerprint density at radius 1 is 0.372 bits per heavy atom. The van der Waals surface area contributed by atoms with E-state index in [9.17, 15) is 0 Å². The third kappa shape index (κ3) is 3.44. The first-order chi connectivity index (χ1) is 21.1. The molecule has 0 amide bonds. The molecule has 0 fully saturated rings. The van der Waals surface area contributed by atoms with Crippen molar-refractivity contribution >= 4 is 43.1 Å². The first kappa shape index (κ1) is 24.4. The molecule has 9 rings (SSSR count). The van der Waals surface area contributed by atoms with Crippen molar-refractivity contribution in [2.24, 2.45) is 0 Å². The number of hydrogen-bond donors (Lipinski definition) is 0. The minimum Gasteiger partial charge on any atom is -0.0616 e. The zero-order chi connectivity index (χ0) is 28.7. The van der Waals surface area contributed by atoms with Gasteiger partial charge in [-0.3, -0.25) is 0 Å². The fourth-order valence-electron chi connectivity index (χ4n) is 7.82. The standard InChI is InChI=1S/C43H30/c1-43(2)40-25-23-28-10-3-4-11-31(28)41(40)38-17-9-16-32(42(38)43)29-20-18-27(19-21-29)30-22-24-37-35-14-6-5-12-33(35)34-13-7-8-15-36(34)39(37)26-30/h3-26H,1-2H3. The van der Waals surface area contributed by atoms with Crippen LogP contribution >= 0.6 is 0 Å². The summed E-state index contributed by atoms with van der Waals surface area (Å²) >= 11 is 0. The van der Waals surface area contributed by atoms with E-state index in [1.807, 2.05) is 0 Å². The average molecular weight is 547 g/mol. The van der Waals surface area contributed by atoms with E-state index in [1.165, 1.54) is 87.6 Å². The van der Waals surface area contributed by atoms with Gasteiger partial charge in [-0.25, -0.2) is 0 Å². The van der Waals surface area contributed by atoms with E-state index in [2.05, 4.69) is 159 Å². The minimum absolute atomic E-state index is 0.0772. The molecule has 8 aromatic rings. The Kier molecular flexibility index (Phi) is 5.05. The van der Waals surface area contributed by atoms with Gasteiger partial charge in [-0.1, -0.05) is 153 Å². The highest BCUT2D eigenvalue weighted by Gasteiger charge is 2.38. The fourth-order valence-corrected chi connectivity index (χ4v) is 7.82. The molecule has 0 bridgehead atoms. The van der Waals surface area contributed by atoms with Gasteiger partial charge in [0.1, 0.15) is 0 Å². The number of rotatable bonds is 2. The van der Waals surface area contributed by atoms with E-state index in [0.29, 0.717) is 0 Å². The highest BCUT2D eigenvalue weighted by Crippen LogP contribution is 2.54. The lowest BCUT2D eigenvalue weighted by Crippen LogP contribution is -2.16. The van der Waals surface area contributed by atoms with Crippen LogP contribution in [0.5, 0.6) is 0 Å². The third-order valence-corrected chi connectivity index (χ3v) is 9.83. The molecule has 1 aliphatic rings. The summed E-state index contributed by atoms with van der Waals surface area (Å²) in [5.74, 6) is 0. The van der Waals surface area contributed by atoms with Gasteiger partial charge in [-0.15, -0.1) is 0 Å². The maximum Gasteiger partial charge on any atom is 0.0165 e. The predicted octanol–water partition coefficient (Wildman–Crippen LogP) is 11.9. The summed E-state index contributed by atoms with van der Waals surface area (Å²) in [6, 6.07) is 54.0. The van der Waals surface area contributed by atoms with Crippen molar-refractivity contribution in [3.05, 3.63) is 157 Å². The van der Waals surface area contributed by atoms with Crippen molar-refractivity contribution in [1.82, 2.24) is 0 Å². The van der Waals surface area contributed by atoms with Gasteiger partial charge in [-0.2, -0.15) is 0 Å². The van der Waals surface area contributed by atoms with Gasteiger partial charge in [0.05, 0.1) is 0 Å². The normalized spacial score (nSPS) is 13.5. The SMILES string of the molecule is CC1(C)c2ccc3ccccc3c2-c2cccc(-c3ccc(-c4ccc5c6ccccc6c6ccccc6c5c4)cc3)c21. The topological polar surface area (TPSA) is 0 Å². The Bertz CT molecular complexity index is 2370. The summed E-state index contributed by atoms with van der Waals surface area (Å²) in [5.41, 5.74) is 10.6. The average Bonchev–Trinajstić information content (AvgIpc) is 3.31. The van der Waals surface area contributed by atoms with Crippen molar-refractivity contribution in [3.8, 4) is 33.4 Å². The summed E-state index contributed by atoms with van der Waals surface area (Å²) < 4.78 is 0. The van der Waals surface area contributed by atoms with E-state index in [4.69, 9.17) is 0 Å². The van der Waals surface area contributed by atoms with E-state index < -0.39 is 0 Å². The molecule has 0 aliphatic heterocycles. The quantitative estimate of drug-likeness (QED) is 0.189. The molecule has 43 heavy (non-hydrogen) atoms. The highest BCUT2D eigenvalue weighted by molar-refractivity contribution is 6.25. The largest absolute Gasteiger partial charge is 0.0616 e. The van der Waals surface area contributed by atoms with Gasteiger partial charge in [-0.05, 0) is 93.7 Å². The summed E-state index contributed by atoms with van der Waals surface area (Å²) in [5, 5.41) is 10.5. The Morgan fingerprint density at radius 2 is 0.907 bits per heavy atom. The fraction of sp³-hybridized carbons (Fsp3) is 0.0698. The lowest BCUT2D eigenvalue weighted by molar-refractivity contribution is 0.662. The van der Waals surface area contributed by atoms with Gasteiger partial charge in [0.2, 0.25) is 0 Å². The molecular formula is C43H30. The van der Waals surface area contributed by atoms with Crippen molar-refractivity contribution in [3.63, 3.8) is 0 Å². The lowest BCUT2D eigenvalue weighted by atomic mass is 9.78. The molecule has 0 nitrogen and oxygen atoms in total. The molecule has 202 valence electrons. The molecule has 8 aromatic carbocycles. The van der Waals surface area contributed by atoms with Gasteiger partial charge in [0.15, 0.2) is 0 Å². The molecule has 1 aliphatic carbocycles. The maximum atomic E-state index is 2.38. The summed E-state index contributed by atoms with van der Waals surface area (Å²) in [6.07, 6.45) is 0. The molecule has 0 atom stereocenters. The van der Waals surface area contributed by atoms with Crippen LogP contribution in [0, 0.1) is 0 Å². The van der Waals surface area contributed by atoms with Crippen LogP contribution in [0.1, 0.15) is 25.0 Å². The molecule has 0 heterocycles. The van der Waals surface area contributed by atoms with Crippen LogP contribution < -0.4 is 0 Å². The third-order valence-electron chi connectivity index (χ3n) is 9.83. The van der Waals surface area contributed by atoms with Crippen LogP contribution in [0.2, 0.25) is 0 Å². The highest BCUT2D eigenvalue weighted by atomic mass is 14.4. The van der Waals surface area contributed by atoms with Gasteiger partial charge < -0.3 is 0 Å². The molecule has 0 saturated heterocycles. The summed E-state index contributed by atoms with van der Waals surface area (Å²) in [4.78, 5) is 0. The zero-order valence-electron chi connectivity index (χ0n) is 24.4. The summed E-state index contributed by atoms with van der Waals surface area (Å²) in [7, 11) is 0. The molecule has 0 spiro atoms. The number of fused-ring (bicyclic) bond motifs is 11. The molecule has 0 radical (unpaired) electrons. The van der Waals surface area contributed by atoms with Gasteiger partial charge in [0.25, 0.3) is 0 Å². The van der Waals surface area contributed by atoms with Crippen molar-refractivity contribution in [2.75, 3.05) is 0 Å². The van der Waals surface area contributed by atoms with Crippen molar-refractivity contribution in [1.29, 1.82) is 0 Å². The second kappa shape index (κ2) is 8.90. The van der Waals surface area contributed by atoms with Crippen LogP contribution in [0.4, 0.5) is 0 Å². The van der Waals surface area contributed by atoms with E-state index >= 15 is 0 Å². The molecule has 0 heteroatoms. The molecule has 0 unspecified atom stereocenters. The van der Waals surface area contributed by atoms with Crippen LogP contribution in [0.3, 0.4) is 0 Å². The van der Waals surface area contributed by atoms with Crippen LogP contribution in [-0.2, 0) is 5.41 Å². The Morgan fingerprint density at radius 3 is 1.60 bits per heavy atom. The van der Waals surface area contributed by atoms with Gasteiger partial charge >= 0.3 is 0 Å². The second-order valence-electron chi connectivity index (χ2n) is 12.5. The van der Waals surface area contributed by atoms with Crippen LogP contribution in [-0.4, -0.2) is 0 Å². The predicted molar refractivity (Wildman–Crippen MR) is 185 cm³/mol. The lowest BCUT2D eigenvalue weighted by Gasteiger charge is -2.24. The Labute approximate surface area is 251 Å². The molecule has 0 aromatic heterocycles. The first-order valence-corrected chi connectivity index (χ1v) is 15.2. The van der Waals surface area contributed by atoms with Crippen LogP contribution in [0.15, 0.2) is 146 Å². The van der Waals surface area contributed by atoms with Crippen molar-refractivity contribution in [2.45, 2.75) is 19.3 Å². The number of benzene rings is 8.